The quantitative estimate of drug-likeness (QED) is 0.836. The normalized spacial score (nSPS) is 22.2. The maximum atomic E-state index is 11.4. The third kappa shape index (κ3) is 3.30. The van der Waals surface area contributed by atoms with Crippen molar-refractivity contribution in [1.29, 1.82) is 0 Å². The summed E-state index contributed by atoms with van der Waals surface area (Å²) in [4.78, 5) is 13.0. The zero-order chi connectivity index (χ0) is 12.3. The van der Waals surface area contributed by atoms with Gasteiger partial charge in [-0.1, -0.05) is 30.3 Å². The van der Waals surface area contributed by atoms with Crippen LogP contribution in [0.1, 0.15) is 24.3 Å². The van der Waals surface area contributed by atoms with Gasteiger partial charge in [-0.05, 0) is 12.0 Å². The van der Waals surface area contributed by atoms with Crippen LogP contribution in [0.3, 0.4) is 0 Å². The van der Waals surface area contributed by atoms with Crippen LogP contribution in [-0.2, 0) is 4.79 Å². The Morgan fingerprint density at radius 3 is 2.71 bits per heavy atom. The Hall–Kier alpha value is -1.35. The number of hydrogen-bond acceptors (Lipinski definition) is 2. The lowest BCUT2D eigenvalue weighted by atomic mass is 10.1. The molecule has 1 saturated carbocycles. The minimum absolute atomic E-state index is 0.189. The van der Waals surface area contributed by atoms with E-state index in [1.807, 2.05) is 6.07 Å². The molecule has 1 aromatic rings. The second kappa shape index (κ2) is 5.32. The van der Waals surface area contributed by atoms with Crippen molar-refractivity contribution >= 4 is 5.91 Å². The second-order valence-corrected chi connectivity index (χ2v) is 4.85. The third-order valence-corrected chi connectivity index (χ3v) is 3.26. The first-order valence-electron chi connectivity index (χ1n) is 6.17. The number of carbonyl (C=O) groups is 1. The molecule has 0 aromatic heterocycles. The molecule has 3 heteroatoms. The molecule has 1 aliphatic rings. The number of nitrogens with one attached hydrogen (secondary N) is 1. The summed E-state index contributed by atoms with van der Waals surface area (Å²) in [5.41, 5.74) is 1.41. The van der Waals surface area contributed by atoms with Crippen LogP contribution in [0.4, 0.5) is 0 Å². The van der Waals surface area contributed by atoms with Gasteiger partial charge < -0.3 is 10.2 Å². The lowest BCUT2D eigenvalue weighted by molar-refractivity contribution is -0.128. The molecule has 1 aliphatic carbocycles. The van der Waals surface area contributed by atoms with E-state index in [0.717, 1.165) is 6.54 Å². The van der Waals surface area contributed by atoms with Gasteiger partial charge in [-0.2, -0.15) is 0 Å². The third-order valence-electron chi connectivity index (χ3n) is 3.26. The molecule has 0 heterocycles. The molecule has 0 bridgehead atoms. The first kappa shape index (κ1) is 12.1. The van der Waals surface area contributed by atoms with Gasteiger partial charge in [0.05, 0.1) is 0 Å². The Morgan fingerprint density at radius 2 is 2.06 bits per heavy atom. The van der Waals surface area contributed by atoms with Crippen molar-refractivity contribution in [3.8, 4) is 0 Å². The van der Waals surface area contributed by atoms with Crippen molar-refractivity contribution in [1.82, 2.24) is 10.2 Å². The Labute approximate surface area is 103 Å². The van der Waals surface area contributed by atoms with Crippen molar-refractivity contribution in [2.45, 2.75) is 24.8 Å². The fraction of sp³-hybridized carbons (Fsp3) is 0.500. The molecule has 0 spiro atoms. The molecule has 0 saturated heterocycles. The largest absolute Gasteiger partial charge is 0.349 e. The highest BCUT2D eigenvalue weighted by atomic mass is 16.2. The van der Waals surface area contributed by atoms with E-state index >= 15 is 0 Å². The predicted octanol–water partition coefficient (Wildman–Crippen LogP) is 1.61. The monoisotopic (exact) mass is 232 g/mol. The summed E-state index contributed by atoms with van der Waals surface area (Å²) in [6.45, 7) is 0.783. The van der Waals surface area contributed by atoms with Gasteiger partial charge in [0.2, 0.25) is 5.91 Å². The molecule has 3 nitrogen and oxygen atoms in total. The van der Waals surface area contributed by atoms with Crippen LogP contribution in [0.2, 0.25) is 0 Å². The van der Waals surface area contributed by atoms with Gasteiger partial charge in [-0.3, -0.25) is 4.79 Å². The molecule has 0 radical (unpaired) electrons. The van der Waals surface area contributed by atoms with Crippen LogP contribution in [0, 0.1) is 0 Å². The Bertz CT molecular complexity index is 375. The van der Waals surface area contributed by atoms with E-state index in [-0.39, 0.29) is 5.91 Å². The average Bonchev–Trinajstić information content (AvgIpc) is 3.09. The number of carbonyl (C=O) groups excluding carboxylic acids is 1. The van der Waals surface area contributed by atoms with E-state index in [2.05, 4.69) is 29.6 Å². The fourth-order valence-corrected chi connectivity index (χ4v) is 2.08. The molecule has 1 N–H and O–H groups in total. The van der Waals surface area contributed by atoms with Gasteiger partial charge in [0, 0.05) is 39.0 Å². The van der Waals surface area contributed by atoms with E-state index in [1.165, 1.54) is 12.0 Å². The highest BCUT2D eigenvalue weighted by Gasteiger charge is 2.37. The van der Waals surface area contributed by atoms with Crippen LogP contribution in [0.15, 0.2) is 30.3 Å². The minimum atomic E-state index is 0.189. The van der Waals surface area contributed by atoms with Crippen LogP contribution in [0.5, 0.6) is 0 Å². The zero-order valence-corrected chi connectivity index (χ0v) is 10.5. The fourth-order valence-electron chi connectivity index (χ4n) is 2.08. The molecule has 1 aromatic carbocycles. The molecule has 92 valence electrons. The Kier molecular flexibility index (Phi) is 3.79. The topological polar surface area (TPSA) is 32.3 Å². The number of rotatable bonds is 5. The maximum Gasteiger partial charge on any atom is 0.223 e. The van der Waals surface area contributed by atoms with E-state index < -0.39 is 0 Å². The maximum absolute atomic E-state index is 11.4. The number of benzene rings is 1. The van der Waals surface area contributed by atoms with E-state index in [1.54, 1.807) is 19.0 Å². The molecule has 2 unspecified atom stereocenters. The van der Waals surface area contributed by atoms with E-state index in [0.29, 0.717) is 18.4 Å². The predicted molar refractivity (Wildman–Crippen MR) is 68.9 cm³/mol. The lowest BCUT2D eigenvalue weighted by Gasteiger charge is -2.10. The molecule has 2 rings (SSSR count). The summed E-state index contributed by atoms with van der Waals surface area (Å²) in [6, 6.07) is 11.1. The lowest BCUT2D eigenvalue weighted by Crippen LogP contribution is -2.28. The molecule has 2 atom stereocenters. The summed E-state index contributed by atoms with van der Waals surface area (Å²) >= 11 is 0. The van der Waals surface area contributed by atoms with Crippen LogP contribution in [0.25, 0.3) is 0 Å². The molecular weight excluding hydrogens is 212 g/mol. The van der Waals surface area contributed by atoms with Gasteiger partial charge in [-0.25, -0.2) is 0 Å². The molecule has 0 aliphatic heterocycles. The van der Waals surface area contributed by atoms with Crippen LogP contribution in [-0.4, -0.2) is 37.5 Å². The highest BCUT2D eigenvalue weighted by Crippen LogP contribution is 2.40. The van der Waals surface area contributed by atoms with Crippen molar-refractivity contribution in [2.75, 3.05) is 20.6 Å². The summed E-state index contributed by atoms with van der Waals surface area (Å²) in [5, 5.41) is 3.44. The van der Waals surface area contributed by atoms with Crippen molar-refractivity contribution in [3.63, 3.8) is 0 Å². The van der Waals surface area contributed by atoms with E-state index in [4.69, 9.17) is 0 Å². The Morgan fingerprint density at radius 1 is 1.35 bits per heavy atom. The van der Waals surface area contributed by atoms with Crippen molar-refractivity contribution < 1.29 is 4.79 Å². The Balaban J connectivity index is 1.69. The molecular formula is C14H20N2O. The number of hydrogen-bond donors (Lipinski definition) is 1. The van der Waals surface area contributed by atoms with Gasteiger partial charge in [0.25, 0.3) is 0 Å². The smallest absolute Gasteiger partial charge is 0.223 e. The zero-order valence-electron chi connectivity index (χ0n) is 10.5. The summed E-state index contributed by atoms with van der Waals surface area (Å²) in [6.07, 6.45) is 1.78. The van der Waals surface area contributed by atoms with Gasteiger partial charge in [0.15, 0.2) is 0 Å². The number of amides is 1. The highest BCUT2D eigenvalue weighted by molar-refractivity contribution is 5.75. The average molecular weight is 232 g/mol. The second-order valence-electron chi connectivity index (χ2n) is 4.85. The SMILES string of the molecule is CN(C)C(=O)CCNC1CC1c1ccccc1. The van der Waals surface area contributed by atoms with Gasteiger partial charge in [0.1, 0.15) is 0 Å². The van der Waals surface area contributed by atoms with Crippen molar-refractivity contribution in [3.05, 3.63) is 35.9 Å². The standard InChI is InChI=1S/C14H20N2O/c1-16(2)14(17)8-9-15-13-10-12(13)11-6-4-3-5-7-11/h3-7,12-13,15H,8-10H2,1-2H3. The number of nitrogens with zero attached hydrogens (tertiary/aromatic N) is 1. The van der Waals surface area contributed by atoms with Crippen LogP contribution >= 0.6 is 0 Å². The van der Waals surface area contributed by atoms with Crippen molar-refractivity contribution in [2.24, 2.45) is 0 Å². The van der Waals surface area contributed by atoms with Gasteiger partial charge in [-0.15, -0.1) is 0 Å². The molecule has 17 heavy (non-hydrogen) atoms. The minimum Gasteiger partial charge on any atom is -0.349 e. The summed E-state index contributed by atoms with van der Waals surface area (Å²) in [7, 11) is 3.60. The molecule has 1 fully saturated rings. The van der Waals surface area contributed by atoms with Crippen LogP contribution < -0.4 is 5.32 Å². The summed E-state index contributed by atoms with van der Waals surface area (Å²) in [5.74, 6) is 0.833. The summed E-state index contributed by atoms with van der Waals surface area (Å²) < 4.78 is 0. The first-order chi connectivity index (χ1) is 8.18. The molecule has 1 amide bonds. The first-order valence-corrected chi connectivity index (χ1v) is 6.17. The van der Waals surface area contributed by atoms with Gasteiger partial charge >= 0.3 is 0 Å². The van der Waals surface area contributed by atoms with E-state index in [9.17, 15) is 4.79 Å².